The normalized spacial score (nSPS) is 13.8. The first kappa shape index (κ1) is 16.4. The Labute approximate surface area is 107 Å². The van der Waals surface area contributed by atoms with Gasteiger partial charge in [-0.25, -0.2) is 0 Å². The van der Waals surface area contributed by atoms with Crippen molar-refractivity contribution >= 4 is 0 Å². The van der Waals surface area contributed by atoms with Crippen LogP contribution >= 0.6 is 0 Å². The van der Waals surface area contributed by atoms with Crippen LogP contribution in [0.25, 0.3) is 0 Å². The number of allylic oxidation sites excluding steroid dienone is 3. The van der Waals surface area contributed by atoms with E-state index in [4.69, 9.17) is 0 Å². The topological polar surface area (TPSA) is 32.3 Å². The number of nitrogens with one attached hydrogen (secondary N) is 1. The van der Waals surface area contributed by atoms with Gasteiger partial charge in [-0.2, -0.15) is 0 Å². The Morgan fingerprint density at radius 2 is 1.82 bits per heavy atom. The van der Waals surface area contributed by atoms with Crippen molar-refractivity contribution in [3.8, 4) is 0 Å². The second-order valence-electron chi connectivity index (χ2n) is 4.45. The molecule has 2 N–H and O–H groups in total. The predicted octanol–water partition coefficient (Wildman–Crippen LogP) is 3.43. The van der Waals surface area contributed by atoms with Crippen molar-refractivity contribution in [2.24, 2.45) is 0 Å². The Kier molecular flexibility index (Phi) is 13.0. The van der Waals surface area contributed by atoms with Crippen LogP contribution in [0, 0.1) is 0 Å². The summed E-state index contributed by atoms with van der Waals surface area (Å²) >= 11 is 0. The summed E-state index contributed by atoms with van der Waals surface area (Å²) in [4.78, 5) is 0. The third-order valence-electron chi connectivity index (χ3n) is 2.62. The van der Waals surface area contributed by atoms with Gasteiger partial charge < -0.3 is 10.4 Å². The molecule has 0 amide bonds. The Hall–Kier alpha value is -0.600. The Morgan fingerprint density at radius 1 is 1.06 bits per heavy atom. The minimum atomic E-state index is -0.189. The lowest BCUT2D eigenvalue weighted by Gasteiger charge is -2.09. The molecule has 1 atom stereocenters. The van der Waals surface area contributed by atoms with Crippen molar-refractivity contribution < 1.29 is 5.11 Å². The van der Waals surface area contributed by atoms with Gasteiger partial charge in [0.25, 0.3) is 0 Å². The fourth-order valence-electron chi connectivity index (χ4n) is 1.55. The summed E-state index contributed by atoms with van der Waals surface area (Å²) in [6.07, 6.45) is 15.1. The van der Waals surface area contributed by atoms with E-state index in [0.29, 0.717) is 6.54 Å². The molecule has 0 saturated carbocycles. The van der Waals surface area contributed by atoms with Gasteiger partial charge in [0.1, 0.15) is 0 Å². The molecule has 0 fully saturated rings. The molecular formula is C15H29NO. The van der Waals surface area contributed by atoms with E-state index >= 15 is 0 Å². The molecule has 17 heavy (non-hydrogen) atoms. The predicted molar refractivity (Wildman–Crippen MR) is 76.2 cm³/mol. The van der Waals surface area contributed by atoms with E-state index in [-0.39, 0.29) is 6.10 Å². The maximum atomic E-state index is 9.65. The second kappa shape index (κ2) is 13.5. The van der Waals surface area contributed by atoms with E-state index < -0.39 is 0 Å². The van der Waals surface area contributed by atoms with Gasteiger partial charge in [0.05, 0.1) is 6.10 Å². The molecule has 0 bridgehead atoms. The summed E-state index contributed by atoms with van der Waals surface area (Å²) in [5.41, 5.74) is 0. The van der Waals surface area contributed by atoms with E-state index in [1.165, 1.54) is 19.3 Å². The Balaban J connectivity index is 3.31. The van der Waals surface area contributed by atoms with Gasteiger partial charge in [0.2, 0.25) is 0 Å². The standard InChI is InChI=1S/C15H29NO/c1-3-5-7-8-9-11-13-16-14-15(17)12-10-6-4-2/h7-9,11,15-17H,3-6,10,12-14H2,1-2H3. The fourth-order valence-corrected chi connectivity index (χ4v) is 1.55. The van der Waals surface area contributed by atoms with Gasteiger partial charge in [-0.3, -0.25) is 0 Å². The molecule has 2 heteroatoms. The summed E-state index contributed by atoms with van der Waals surface area (Å²) in [7, 11) is 0. The quantitative estimate of drug-likeness (QED) is 0.428. The van der Waals surface area contributed by atoms with E-state index in [1.54, 1.807) is 0 Å². The molecule has 0 saturated heterocycles. The van der Waals surface area contributed by atoms with Crippen molar-refractivity contribution in [1.29, 1.82) is 0 Å². The first-order valence-corrected chi connectivity index (χ1v) is 7.01. The van der Waals surface area contributed by atoms with Crippen LogP contribution in [-0.4, -0.2) is 24.3 Å². The summed E-state index contributed by atoms with van der Waals surface area (Å²) in [6.45, 7) is 5.89. The molecule has 0 aromatic carbocycles. The SMILES string of the molecule is CCCC=CC=CCNCC(O)CCCCC. The lowest BCUT2D eigenvalue weighted by atomic mass is 10.1. The minimum Gasteiger partial charge on any atom is -0.392 e. The van der Waals surface area contributed by atoms with Gasteiger partial charge in [-0.05, 0) is 12.8 Å². The third-order valence-corrected chi connectivity index (χ3v) is 2.62. The van der Waals surface area contributed by atoms with Crippen LogP contribution in [0.3, 0.4) is 0 Å². The fraction of sp³-hybridized carbons (Fsp3) is 0.733. The zero-order valence-electron chi connectivity index (χ0n) is 11.5. The number of rotatable bonds is 11. The van der Waals surface area contributed by atoms with E-state index in [1.807, 2.05) is 0 Å². The number of unbranched alkanes of at least 4 members (excludes halogenated alkanes) is 3. The molecule has 2 nitrogen and oxygen atoms in total. The summed E-state index contributed by atoms with van der Waals surface area (Å²) < 4.78 is 0. The van der Waals surface area contributed by atoms with Gasteiger partial charge >= 0.3 is 0 Å². The van der Waals surface area contributed by atoms with Crippen molar-refractivity contribution in [3.05, 3.63) is 24.3 Å². The van der Waals surface area contributed by atoms with E-state index in [2.05, 4.69) is 43.5 Å². The molecule has 0 aliphatic heterocycles. The molecule has 0 aliphatic rings. The number of hydrogen-bond acceptors (Lipinski definition) is 2. The highest BCUT2D eigenvalue weighted by atomic mass is 16.3. The van der Waals surface area contributed by atoms with E-state index in [0.717, 1.165) is 25.8 Å². The molecule has 0 aromatic rings. The number of hydrogen-bond donors (Lipinski definition) is 2. The van der Waals surface area contributed by atoms with Crippen LogP contribution in [-0.2, 0) is 0 Å². The summed E-state index contributed by atoms with van der Waals surface area (Å²) in [5, 5.41) is 12.9. The zero-order valence-corrected chi connectivity index (χ0v) is 11.5. The van der Waals surface area contributed by atoms with Gasteiger partial charge in [-0.15, -0.1) is 0 Å². The molecule has 0 radical (unpaired) electrons. The molecule has 0 aromatic heterocycles. The highest BCUT2D eigenvalue weighted by Crippen LogP contribution is 2.02. The lowest BCUT2D eigenvalue weighted by Crippen LogP contribution is -2.26. The molecule has 0 rings (SSSR count). The minimum absolute atomic E-state index is 0.189. The largest absolute Gasteiger partial charge is 0.392 e. The molecule has 0 heterocycles. The average molecular weight is 239 g/mol. The van der Waals surface area contributed by atoms with Crippen LogP contribution in [0.2, 0.25) is 0 Å². The van der Waals surface area contributed by atoms with Gasteiger partial charge in [0, 0.05) is 13.1 Å². The first-order chi connectivity index (χ1) is 8.31. The lowest BCUT2D eigenvalue weighted by molar-refractivity contribution is 0.159. The first-order valence-electron chi connectivity index (χ1n) is 7.01. The van der Waals surface area contributed by atoms with E-state index in [9.17, 15) is 5.11 Å². The highest BCUT2D eigenvalue weighted by molar-refractivity contribution is 5.02. The smallest absolute Gasteiger partial charge is 0.0664 e. The summed E-state index contributed by atoms with van der Waals surface area (Å²) in [5.74, 6) is 0. The molecule has 1 unspecified atom stereocenters. The van der Waals surface area contributed by atoms with Crippen LogP contribution in [0.1, 0.15) is 52.4 Å². The molecule has 0 aliphatic carbocycles. The zero-order chi connectivity index (χ0) is 12.8. The van der Waals surface area contributed by atoms with Gasteiger partial charge in [0.15, 0.2) is 0 Å². The van der Waals surface area contributed by atoms with Crippen molar-refractivity contribution in [3.63, 3.8) is 0 Å². The number of aliphatic hydroxyl groups is 1. The van der Waals surface area contributed by atoms with Crippen molar-refractivity contribution in [1.82, 2.24) is 5.32 Å². The van der Waals surface area contributed by atoms with Gasteiger partial charge in [-0.1, -0.05) is 63.8 Å². The second-order valence-corrected chi connectivity index (χ2v) is 4.45. The van der Waals surface area contributed by atoms with Crippen LogP contribution in [0.5, 0.6) is 0 Å². The van der Waals surface area contributed by atoms with Crippen LogP contribution in [0.4, 0.5) is 0 Å². The van der Waals surface area contributed by atoms with Crippen LogP contribution < -0.4 is 5.32 Å². The van der Waals surface area contributed by atoms with Crippen LogP contribution in [0.15, 0.2) is 24.3 Å². The summed E-state index contributed by atoms with van der Waals surface area (Å²) in [6, 6.07) is 0. The average Bonchev–Trinajstić information content (AvgIpc) is 2.33. The maximum absolute atomic E-state index is 9.65. The molecule has 100 valence electrons. The molecule has 0 spiro atoms. The highest BCUT2D eigenvalue weighted by Gasteiger charge is 2.01. The Bertz CT molecular complexity index is 199. The monoisotopic (exact) mass is 239 g/mol. The number of aliphatic hydroxyl groups excluding tert-OH is 1. The Morgan fingerprint density at radius 3 is 2.53 bits per heavy atom. The van der Waals surface area contributed by atoms with Crippen molar-refractivity contribution in [2.75, 3.05) is 13.1 Å². The van der Waals surface area contributed by atoms with Crippen molar-refractivity contribution in [2.45, 2.75) is 58.5 Å². The molecular weight excluding hydrogens is 210 g/mol. The maximum Gasteiger partial charge on any atom is 0.0664 e. The third kappa shape index (κ3) is 13.3.